The summed E-state index contributed by atoms with van der Waals surface area (Å²) >= 11 is 1.82. The largest absolute Gasteiger partial charge is 0.493 e. The summed E-state index contributed by atoms with van der Waals surface area (Å²) in [6.07, 6.45) is 1.11. The minimum absolute atomic E-state index is 0.542. The lowest BCUT2D eigenvalue weighted by atomic mass is 9.95. The van der Waals surface area contributed by atoms with Crippen LogP contribution in [0.1, 0.15) is 16.4 Å². The van der Waals surface area contributed by atoms with Crippen molar-refractivity contribution in [2.75, 3.05) is 6.61 Å². The molecule has 15 heavy (non-hydrogen) atoms. The summed E-state index contributed by atoms with van der Waals surface area (Å²) in [5, 5.41) is 2.13. The van der Waals surface area contributed by atoms with Gasteiger partial charge < -0.3 is 4.74 Å². The van der Waals surface area contributed by atoms with Crippen molar-refractivity contribution in [2.45, 2.75) is 12.3 Å². The molecule has 3 rings (SSSR count). The van der Waals surface area contributed by atoms with Gasteiger partial charge in [-0.1, -0.05) is 24.3 Å². The van der Waals surface area contributed by atoms with Crippen LogP contribution in [0.3, 0.4) is 0 Å². The van der Waals surface area contributed by atoms with Gasteiger partial charge in [-0.15, -0.1) is 11.3 Å². The van der Waals surface area contributed by atoms with E-state index in [4.69, 9.17) is 4.74 Å². The first kappa shape index (κ1) is 8.98. The lowest BCUT2D eigenvalue weighted by Gasteiger charge is -2.24. The van der Waals surface area contributed by atoms with Gasteiger partial charge in [-0.05, 0) is 29.5 Å². The highest BCUT2D eigenvalue weighted by molar-refractivity contribution is 7.10. The second kappa shape index (κ2) is 3.70. The first-order valence-electron chi connectivity index (χ1n) is 5.17. The lowest BCUT2D eigenvalue weighted by Crippen LogP contribution is -2.18. The van der Waals surface area contributed by atoms with Gasteiger partial charge in [0, 0.05) is 10.8 Å². The molecule has 0 amide bonds. The maximum absolute atomic E-state index is 5.77. The molecule has 1 nitrogen and oxygen atoms in total. The predicted octanol–water partition coefficient (Wildman–Crippen LogP) is 3.47. The molecule has 76 valence electrons. The highest BCUT2D eigenvalue weighted by Gasteiger charge is 2.21. The minimum Gasteiger partial charge on any atom is -0.493 e. The van der Waals surface area contributed by atoms with Gasteiger partial charge in [-0.3, -0.25) is 0 Å². The molecule has 0 bridgehead atoms. The van der Waals surface area contributed by atoms with E-state index < -0.39 is 0 Å². The number of ether oxygens (including phenoxy) is 1. The molecule has 0 fully saturated rings. The average Bonchev–Trinajstić information content (AvgIpc) is 2.82. The van der Waals surface area contributed by atoms with E-state index in [2.05, 4.69) is 35.7 Å². The van der Waals surface area contributed by atoms with E-state index in [1.807, 2.05) is 17.4 Å². The van der Waals surface area contributed by atoms with E-state index in [-0.39, 0.29) is 0 Å². The molecule has 0 radical (unpaired) electrons. The second-order valence-corrected chi connectivity index (χ2v) is 4.81. The van der Waals surface area contributed by atoms with Crippen molar-refractivity contribution in [1.29, 1.82) is 0 Å². The normalized spacial score (nSPS) is 19.3. The molecule has 0 saturated heterocycles. The smallest absolute Gasteiger partial charge is 0.122 e. The molecule has 2 aromatic rings. The second-order valence-electron chi connectivity index (χ2n) is 3.84. The van der Waals surface area contributed by atoms with Crippen LogP contribution in [-0.2, 0) is 6.42 Å². The van der Waals surface area contributed by atoms with E-state index in [0.29, 0.717) is 5.92 Å². The number of benzene rings is 1. The average molecular weight is 216 g/mol. The van der Waals surface area contributed by atoms with Gasteiger partial charge in [0.2, 0.25) is 0 Å². The number of rotatable bonds is 1. The first-order chi connectivity index (χ1) is 7.43. The Bertz CT molecular complexity index is 447. The summed E-state index contributed by atoms with van der Waals surface area (Å²) in [7, 11) is 0. The van der Waals surface area contributed by atoms with Gasteiger partial charge >= 0.3 is 0 Å². The molecular weight excluding hydrogens is 204 g/mol. The summed E-state index contributed by atoms with van der Waals surface area (Å²) < 4.78 is 5.77. The molecule has 0 aliphatic carbocycles. The summed E-state index contributed by atoms with van der Waals surface area (Å²) in [4.78, 5) is 1.43. The van der Waals surface area contributed by atoms with Crippen LogP contribution in [-0.4, -0.2) is 6.61 Å². The standard InChI is InChI=1S/C13H12OS/c1-2-5-12-10(4-1)8-11(9-14-12)13-6-3-7-15-13/h1-7,11H,8-9H2. The van der Waals surface area contributed by atoms with E-state index >= 15 is 0 Å². The molecule has 1 atom stereocenters. The SMILES string of the molecule is c1csc(C2COc3ccccc3C2)c1. The van der Waals surface area contributed by atoms with Gasteiger partial charge in [-0.2, -0.15) is 0 Å². The highest BCUT2D eigenvalue weighted by atomic mass is 32.1. The summed E-state index contributed by atoms with van der Waals surface area (Å²) in [5.74, 6) is 1.60. The van der Waals surface area contributed by atoms with E-state index in [1.54, 1.807) is 0 Å². The van der Waals surface area contributed by atoms with Gasteiger partial charge in [0.15, 0.2) is 0 Å². The Balaban J connectivity index is 1.89. The highest BCUT2D eigenvalue weighted by Crippen LogP contribution is 2.33. The van der Waals surface area contributed by atoms with Crippen LogP contribution in [0.25, 0.3) is 0 Å². The Morgan fingerprint density at radius 3 is 2.93 bits per heavy atom. The predicted molar refractivity (Wildman–Crippen MR) is 62.7 cm³/mol. The Morgan fingerprint density at radius 1 is 1.13 bits per heavy atom. The fourth-order valence-corrected chi connectivity index (χ4v) is 2.85. The third-order valence-corrected chi connectivity index (χ3v) is 3.86. The van der Waals surface area contributed by atoms with Gasteiger partial charge in [0.25, 0.3) is 0 Å². The van der Waals surface area contributed by atoms with Crippen LogP contribution < -0.4 is 4.74 Å². The van der Waals surface area contributed by atoms with Crippen LogP contribution in [0.5, 0.6) is 5.75 Å². The van der Waals surface area contributed by atoms with Crippen molar-refractivity contribution >= 4 is 11.3 Å². The van der Waals surface area contributed by atoms with Crippen LogP contribution >= 0.6 is 11.3 Å². The molecule has 1 aliphatic heterocycles. The maximum Gasteiger partial charge on any atom is 0.122 e. The number of hydrogen-bond acceptors (Lipinski definition) is 2. The number of fused-ring (bicyclic) bond motifs is 1. The summed E-state index contributed by atoms with van der Waals surface area (Å²) in [6, 6.07) is 12.6. The Kier molecular flexibility index (Phi) is 2.22. The van der Waals surface area contributed by atoms with Crippen molar-refractivity contribution in [3.8, 4) is 5.75 Å². The number of thiophene rings is 1. The molecular formula is C13H12OS. The first-order valence-corrected chi connectivity index (χ1v) is 6.05. The summed E-state index contributed by atoms with van der Waals surface area (Å²) in [5.41, 5.74) is 1.34. The van der Waals surface area contributed by atoms with E-state index in [1.165, 1.54) is 10.4 Å². The monoisotopic (exact) mass is 216 g/mol. The molecule has 0 spiro atoms. The number of para-hydroxylation sites is 1. The summed E-state index contributed by atoms with van der Waals surface area (Å²) in [6.45, 7) is 0.817. The fraction of sp³-hybridized carbons (Fsp3) is 0.231. The quantitative estimate of drug-likeness (QED) is 0.709. The van der Waals surface area contributed by atoms with Crippen molar-refractivity contribution in [3.05, 3.63) is 52.2 Å². The Hall–Kier alpha value is -1.28. The molecule has 2 heteroatoms. The Morgan fingerprint density at radius 2 is 2.07 bits per heavy atom. The van der Waals surface area contributed by atoms with Crippen LogP contribution in [0, 0.1) is 0 Å². The van der Waals surface area contributed by atoms with Gasteiger partial charge in [0.1, 0.15) is 5.75 Å². The van der Waals surface area contributed by atoms with Gasteiger partial charge in [0.05, 0.1) is 6.61 Å². The van der Waals surface area contributed by atoms with Crippen molar-refractivity contribution in [3.63, 3.8) is 0 Å². The zero-order chi connectivity index (χ0) is 10.1. The fourth-order valence-electron chi connectivity index (χ4n) is 2.03. The van der Waals surface area contributed by atoms with Crippen LogP contribution in [0.15, 0.2) is 41.8 Å². The molecule has 1 unspecified atom stereocenters. The molecule has 1 aromatic carbocycles. The van der Waals surface area contributed by atoms with Gasteiger partial charge in [-0.25, -0.2) is 0 Å². The van der Waals surface area contributed by atoms with E-state index in [9.17, 15) is 0 Å². The zero-order valence-corrected chi connectivity index (χ0v) is 9.17. The van der Waals surface area contributed by atoms with Crippen LogP contribution in [0.2, 0.25) is 0 Å². The van der Waals surface area contributed by atoms with Crippen LogP contribution in [0.4, 0.5) is 0 Å². The maximum atomic E-state index is 5.77. The molecule has 0 N–H and O–H groups in total. The van der Waals surface area contributed by atoms with Crippen molar-refractivity contribution < 1.29 is 4.74 Å². The topological polar surface area (TPSA) is 9.23 Å². The van der Waals surface area contributed by atoms with Crippen molar-refractivity contribution in [2.24, 2.45) is 0 Å². The minimum atomic E-state index is 0.542. The zero-order valence-electron chi connectivity index (χ0n) is 8.35. The Labute approximate surface area is 93.3 Å². The van der Waals surface area contributed by atoms with Crippen molar-refractivity contribution in [1.82, 2.24) is 0 Å². The lowest BCUT2D eigenvalue weighted by molar-refractivity contribution is 0.264. The number of hydrogen-bond donors (Lipinski definition) is 0. The van der Waals surface area contributed by atoms with E-state index in [0.717, 1.165) is 18.8 Å². The molecule has 1 aromatic heterocycles. The third-order valence-electron chi connectivity index (χ3n) is 2.82. The molecule has 1 aliphatic rings. The molecule has 2 heterocycles. The third kappa shape index (κ3) is 1.65. The molecule has 0 saturated carbocycles.